The van der Waals surface area contributed by atoms with Crippen LogP contribution in [0.25, 0.3) is 6.08 Å². The third kappa shape index (κ3) is 3.93. The second-order valence-electron chi connectivity index (χ2n) is 5.90. The van der Waals surface area contributed by atoms with Crippen molar-refractivity contribution in [3.05, 3.63) is 63.9 Å². The molecule has 1 aliphatic rings. The Labute approximate surface area is 161 Å². The molecule has 0 radical (unpaired) electrons. The first-order valence-corrected chi connectivity index (χ1v) is 8.42. The minimum absolute atomic E-state index is 0.00975. The van der Waals surface area contributed by atoms with E-state index in [0.29, 0.717) is 21.7 Å². The molecule has 1 aliphatic heterocycles. The van der Waals surface area contributed by atoms with Crippen molar-refractivity contribution >= 4 is 23.5 Å². The number of fused-ring (bicyclic) bond motifs is 1. The van der Waals surface area contributed by atoms with Crippen LogP contribution in [0.5, 0.6) is 11.5 Å². The monoisotopic (exact) mass is 379 g/mol. The molecular formula is C20H14ClN3O3. The Morgan fingerprint density at radius 1 is 1.19 bits per heavy atom. The summed E-state index contributed by atoms with van der Waals surface area (Å²) in [4.78, 5) is 14.2. The largest absolute Gasteiger partial charge is 0.507 e. The first-order valence-electron chi connectivity index (χ1n) is 8.04. The van der Waals surface area contributed by atoms with E-state index in [1.807, 2.05) is 12.1 Å². The van der Waals surface area contributed by atoms with Gasteiger partial charge < -0.3 is 9.84 Å². The molecule has 2 aromatic carbocycles. The zero-order valence-electron chi connectivity index (χ0n) is 14.1. The Kier molecular flexibility index (Phi) is 5.42. The summed E-state index contributed by atoms with van der Waals surface area (Å²) in [7, 11) is 0. The normalized spacial score (nSPS) is 13.9. The number of phenols is 1. The van der Waals surface area contributed by atoms with Gasteiger partial charge in [0.25, 0.3) is 0 Å². The lowest BCUT2D eigenvalue weighted by molar-refractivity contribution is 0.101. The molecule has 0 atom stereocenters. The number of phenolic OH excluding ortho intramolecular Hbond substituents is 1. The molecule has 6 nitrogen and oxygen atoms in total. The van der Waals surface area contributed by atoms with Gasteiger partial charge in [-0.1, -0.05) is 23.7 Å². The lowest BCUT2D eigenvalue weighted by atomic mass is 10.0. The molecule has 0 spiro atoms. The number of ketones is 1. The molecule has 134 valence electrons. The maximum Gasteiger partial charge on any atom is 0.231 e. The molecule has 0 amide bonds. The first-order chi connectivity index (χ1) is 13.0. The lowest BCUT2D eigenvalue weighted by Crippen LogP contribution is -2.24. The molecule has 0 saturated heterocycles. The number of halogens is 1. The van der Waals surface area contributed by atoms with E-state index < -0.39 is 0 Å². The number of Topliss-reactive ketones (excluding diaryl/α,β-unsaturated/α-hetero) is 1. The van der Waals surface area contributed by atoms with Crippen molar-refractivity contribution in [3.8, 4) is 23.6 Å². The van der Waals surface area contributed by atoms with Crippen LogP contribution in [0.3, 0.4) is 0 Å². The van der Waals surface area contributed by atoms with E-state index >= 15 is 0 Å². The summed E-state index contributed by atoms with van der Waals surface area (Å²) in [5.41, 5.74) is 1.39. The fourth-order valence-corrected chi connectivity index (χ4v) is 2.99. The van der Waals surface area contributed by atoms with Crippen LogP contribution in [0, 0.1) is 22.7 Å². The zero-order chi connectivity index (χ0) is 19.4. The predicted molar refractivity (Wildman–Crippen MR) is 99.0 cm³/mol. The average molecular weight is 380 g/mol. The van der Waals surface area contributed by atoms with E-state index in [9.17, 15) is 9.90 Å². The van der Waals surface area contributed by atoms with Crippen LogP contribution in [0.2, 0.25) is 5.02 Å². The van der Waals surface area contributed by atoms with E-state index in [1.165, 1.54) is 12.1 Å². The summed E-state index contributed by atoms with van der Waals surface area (Å²) >= 11 is 5.97. The van der Waals surface area contributed by atoms with Crippen molar-refractivity contribution in [2.75, 3.05) is 13.1 Å². The summed E-state index contributed by atoms with van der Waals surface area (Å²) in [6, 6.07) is 13.8. The summed E-state index contributed by atoms with van der Waals surface area (Å²) in [5.74, 6) is -0.00910. The fraction of sp³-hybridized carbons (Fsp3) is 0.150. The van der Waals surface area contributed by atoms with Crippen LogP contribution >= 0.6 is 11.6 Å². The van der Waals surface area contributed by atoms with Gasteiger partial charge in [0, 0.05) is 11.6 Å². The van der Waals surface area contributed by atoms with Gasteiger partial charge in [-0.05, 0) is 35.9 Å². The van der Waals surface area contributed by atoms with Gasteiger partial charge in [-0.15, -0.1) is 0 Å². The summed E-state index contributed by atoms with van der Waals surface area (Å²) in [6.45, 7) is 0.125. The summed E-state index contributed by atoms with van der Waals surface area (Å²) in [6.07, 6.45) is 1.58. The van der Waals surface area contributed by atoms with Gasteiger partial charge in [0.2, 0.25) is 5.78 Å². The Bertz CT molecular complexity index is 1000. The number of hydrogen-bond donors (Lipinski definition) is 1. The molecule has 0 aromatic heterocycles. The smallest absolute Gasteiger partial charge is 0.231 e. The number of nitrogens with zero attached hydrogens (tertiary/aromatic N) is 3. The van der Waals surface area contributed by atoms with Crippen LogP contribution in [-0.4, -0.2) is 28.9 Å². The standard InChI is InChI=1S/C20H14ClN3O3/c21-14-3-1-2-13(10-14)11-18-19(26)15-4-5-17(25)16(20(15)27-18)12-24(8-6-22)9-7-23/h1-5,10-11,25H,8-9,12H2/b18-11+. The second-order valence-corrected chi connectivity index (χ2v) is 6.33. The van der Waals surface area contributed by atoms with Gasteiger partial charge in [-0.2, -0.15) is 10.5 Å². The predicted octanol–water partition coefficient (Wildman–Crippen LogP) is 3.51. The summed E-state index contributed by atoms with van der Waals surface area (Å²) in [5, 5.41) is 28.6. The Morgan fingerprint density at radius 2 is 1.93 bits per heavy atom. The highest BCUT2D eigenvalue weighted by Crippen LogP contribution is 2.40. The first kappa shape index (κ1) is 18.5. The number of allylic oxidation sites excluding steroid dienone is 1. The van der Waals surface area contributed by atoms with Crippen LogP contribution in [0.4, 0.5) is 0 Å². The molecule has 0 aliphatic carbocycles. The van der Waals surface area contributed by atoms with Crippen LogP contribution in [-0.2, 0) is 6.54 Å². The van der Waals surface area contributed by atoms with Crippen molar-refractivity contribution in [2.24, 2.45) is 0 Å². The molecule has 0 bridgehead atoms. The van der Waals surface area contributed by atoms with E-state index in [-0.39, 0.29) is 42.7 Å². The number of hydrogen-bond acceptors (Lipinski definition) is 6. The Morgan fingerprint density at radius 3 is 2.59 bits per heavy atom. The molecule has 0 fully saturated rings. The number of nitriles is 2. The van der Waals surface area contributed by atoms with Gasteiger partial charge >= 0.3 is 0 Å². The summed E-state index contributed by atoms with van der Waals surface area (Å²) < 4.78 is 5.75. The molecule has 0 saturated carbocycles. The highest BCUT2D eigenvalue weighted by Gasteiger charge is 2.31. The van der Waals surface area contributed by atoms with E-state index in [4.69, 9.17) is 26.9 Å². The Balaban J connectivity index is 1.96. The second kappa shape index (κ2) is 7.92. The highest BCUT2D eigenvalue weighted by atomic mass is 35.5. The number of aromatic hydroxyl groups is 1. The van der Waals surface area contributed by atoms with Crippen molar-refractivity contribution in [3.63, 3.8) is 0 Å². The number of carbonyl (C=O) groups excluding carboxylic acids is 1. The van der Waals surface area contributed by atoms with Crippen molar-refractivity contribution in [1.29, 1.82) is 10.5 Å². The van der Waals surface area contributed by atoms with Crippen molar-refractivity contribution < 1.29 is 14.6 Å². The number of benzene rings is 2. The van der Waals surface area contributed by atoms with Gasteiger partial charge in [0.05, 0.1) is 36.4 Å². The van der Waals surface area contributed by atoms with Gasteiger partial charge in [-0.25, -0.2) is 0 Å². The van der Waals surface area contributed by atoms with Gasteiger partial charge in [0.15, 0.2) is 5.76 Å². The highest BCUT2D eigenvalue weighted by molar-refractivity contribution is 6.30. The average Bonchev–Trinajstić information content (AvgIpc) is 2.94. The molecule has 7 heteroatoms. The Hall–Kier alpha value is -3.32. The van der Waals surface area contributed by atoms with E-state index in [0.717, 1.165) is 0 Å². The number of rotatable bonds is 5. The van der Waals surface area contributed by atoms with Crippen LogP contribution < -0.4 is 4.74 Å². The fourth-order valence-electron chi connectivity index (χ4n) is 2.79. The topological polar surface area (TPSA) is 97.3 Å². The van der Waals surface area contributed by atoms with Gasteiger partial charge in [0.1, 0.15) is 11.5 Å². The maximum atomic E-state index is 12.7. The van der Waals surface area contributed by atoms with Gasteiger partial charge in [-0.3, -0.25) is 9.69 Å². The zero-order valence-corrected chi connectivity index (χ0v) is 14.9. The van der Waals surface area contributed by atoms with Crippen LogP contribution in [0.15, 0.2) is 42.2 Å². The lowest BCUT2D eigenvalue weighted by Gasteiger charge is -2.17. The van der Waals surface area contributed by atoms with Crippen molar-refractivity contribution in [2.45, 2.75) is 6.54 Å². The van der Waals surface area contributed by atoms with E-state index in [1.54, 1.807) is 35.2 Å². The van der Waals surface area contributed by atoms with Crippen molar-refractivity contribution in [1.82, 2.24) is 4.90 Å². The quantitative estimate of drug-likeness (QED) is 0.630. The van der Waals surface area contributed by atoms with Crippen LogP contribution in [0.1, 0.15) is 21.5 Å². The molecule has 3 rings (SSSR count). The molecule has 1 heterocycles. The number of ether oxygens (including phenoxy) is 1. The SMILES string of the molecule is N#CCN(CC#N)Cc1c(O)ccc2c1O/C(=C/c1cccc(Cl)c1)C2=O. The third-order valence-electron chi connectivity index (χ3n) is 4.03. The molecule has 27 heavy (non-hydrogen) atoms. The number of carbonyl (C=O) groups is 1. The third-order valence-corrected chi connectivity index (χ3v) is 4.27. The molecular weight excluding hydrogens is 366 g/mol. The minimum atomic E-state index is -0.307. The molecule has 2 aromatic rings. The maximum absolute atomic E-state index is 12.7. The van der Waals surface area contributed by atoms with E-state index in [2.05, 4.69) is 0 Å². The molecule has 0 unspecified atom stereocenters. The molecule has 1 N–H and O–H groups in total. The minimum Gasteiger partial charge on any atom is -0.507 e.